The molecule has 0 bridgehead atoms. The van der Waals surface area contributed by atoms with Crippen molar-refractivity contribution < 1.29 is 15.0 Å². The van der Waals surface area contributed by atoms with Gasteiger partial charge in [0.15, 0.2) is 11.5 Å². The van der Waals surface area contributed by atoms with Gasteiger partial charge in [-0.2, -0.15) is 0 Å². The molecule has 0 radical (unpaired) electrons. The van der Waals surface area contributed by atoms with Crippen LogP contribution >= 0.6 is 12.2 Å². The summed E-state index contributed by atoms with van der Waals surface area (Å²) in [6.45, 7) is 0.552. The molecule has 1 aliphatic heterocycles. The van der Waals surface area contributed by atoms with Crippen molar-refractivity contribution in [2.24, 2.45) is 5.73 Å². The number of rotatable bonds is 2. The van der Waals surface area contributed by atoms with Crippen LogP contribution in [0, 0.1) is 0 Å². The highest BCUT2D eigenvalue weighted by Crippen LogP contribution is 2.31. The number of carbonyl (C=O) groups excluding carboxylic acids is 1. The van der Waals surface area contributed by atoms with E-state index in [-0.39, 0.29) is 28.3 Å². The smallest absolute Gasteiger partial charge is 0.258 e. The molecule has 1 aromatic carbocycles. The lowest BCUT2D eigenvalue weighted by Gasteiger charge is -2.24. The number of aromatic hydroxyl groups is 2. The molecular weight excluding hydrogens is 252 g/mol. The number of carbonyl (C=O) groups is 1. The summed E-state index contributed by atoms with van der Waals surface area (Å²) in [4.78, 5) is 14.1. The lowest BCUT2D eigenvalue weighted by atomic mass is 10.1. The first-order valence-corrected chi connectivity index (χ1v) is 6.04. The number of phenolic OH excluding ortho intramolecular Hbond substituents is 2. The van der Waals surface area contributed by atoms with Gasteiger partial charge in [-0.05, 0) is 25.0 Å². The van der Waals surface area contributed by atoms with Gasteiger partial charge in [0.1, 0.15) is 0 Å². The Kier molecular flexibility index (Phi) is 3.38. The summed E-state index contributed by atoms with van der Waals surface area (Å²) >= 11 is 4.93. The Morgan fingerprint density at radius 2 is 2.17 bits per heavy atom. The van der Waals surface area contributed by atoms with Crippen LogP contribution in [-0.4, -0.2) is 38.6 Å². The number of thiocarbonyl (C=S) groups is 1. The summed E-state index contributed by atoms with van der Waals surface area (Å²) in [5.41, 5.74) is 5.67. The molecule has 96 valence electrons. The molecule has 5 nitrogen and oxygen atoms in total. The molecule has 18 heavy (non-hydrogen) atoms. The minimum absolute atomic E-state index is 0.0677. The summed E-state index contributed by atoms with van der Waals surface area (Å²) in [6.07, 6.45) is 1.56. The lowest BCUT2D eigenvalue weighted by Crippen LogP contribution is -2.42. The largest absolute Gasteiger partial charge is 0.504 e. The zero-order valence-corrected chi connectivity index (χ0v) is 10.5. The molecule has 0 saturated carbocycles. The number of para-hydroxylation sites is 1. The van der Waals surface area contributed by atoms with E-state index in [0.717, 1.165) is 12.8 Å². The Bertz CT molecular complexity index is 504. The summed E-state index contributed by atoms with van der Waals surface area (Å²) in [5, 5.41) is 19.1. The highest BCUT2D eigenvalue weighted by atomic mass is 32.1. The van der Waals surface area contributed by atoms with E-state index in [1.807, 2.05) is 0 Å². The summed E-state index contributed by atoms with van der Waals surface area (Å²) in [6, 6.07) is 4.02. The monoisotopic (exact) mass is 266 g/mol. The van der Waals surface area contributed by atoms with Crippen LogP contribution in [0.3, 0.4) is 0 Å². The van der Waals surface area contributed by atoms with Crippen LogP contribution in [-0.2, 0) is 0 Å². The predicted molar refractivity (Wildman–Crippen MR) is 70.6 cm³/mol. The second-order valence-corrected chi connectivity index (χ2v) is 4.70. The number of benzene rings is 1. The van der Waals surface area contributed by atoms with Gasteiger partial charge in [-0.1, -0.05) is 18.3 Å². The fourth-order valence-corrected chi connectivity index (χ4v) is 2.41. The van der Waals surface area contributed by atoms with E-state index < -0.39 is 5.75 Å². The Balaban J connectivity index is 2.31. The molecular formula is C12H14N2O3S. The second kappa shape index (κ2) is 4.81. The number of hydrogen-bond donors (Lipinski definition) is 3. The maximum Gasteiger partial charge on any atom is 0.258 e. The van der Waals surface area contributed by atoms with E-state index in [1.165, 1.54) is 23.1 Å². The van der Waals surface area contributed by atoms with E-state index in [9.17, 15) is 15.0 Å². The van der Waals surface area contributed by atoms with Crippen LogP contribution in [0.15, 0.2) is 18.2 Å². The topological polar surface area (TPSA) is 86.8 Å². The standard InChI is InChI=1S/C12H14N2O3S/c13-11(18)8-4-2-6-14(8)12(17)7-3-1-5-9(15)10(7)16/h1,3,5,8,15-16H,2,4,6H2,(H2,13,18). The molecule has 1 atom stereocenters. The molecule has 1 fully saturated rings. The maximum absolute atomic E-state index is 12.3. The van der Waals surface area contributed by atoms with Gasteiger partial charge >= 0.3 is 0 Å². The molecule has 6 heteroatoms. The van der Waals surface area contributed by atoms with E-state index in [0.29, 0.717) is 6.54 Å². The van der Waals surface area contributed by atoms with E-state index in [2.05, 4.69) is 0 Å². The average molecular weight is 266 g/mol. The normalized spacial score (nSPS) is 18.9. The van der Waals surface area contributed by atoms with Gasteiger partial charge in [0.05, 0.1) is 16.6 Å². The summed E-state index contributed by atoms with van der Waals surface area (Å²) < 4.78 is 0. The number of nitrogens with two attached hydrogens (primary N) is 1. The molecule has 1 aliphatic rings. The highest BCUT2D eigenvalue weighted by molar-refractivity contribution is 7.80. The molecule has 1 saturated heterocycles. The fourth-order valence-electron chi connectivity index (χ4n) is 2.16. The van der Waals surface area contributed by atoms with Gasteiger partial charge in [-0.3, -0.25) is 4.79 Å². The maximum atomic E-state index is 12.3. The number of likely N-dealkylation sites (tertiary alicyclic amines) is 1. The lowest BCUT2D eigenvalue weighted by molar-refractivity contribution is 0.0766. The van der Waals surface area contributed by atoms with Crippen LogP contribution in [0.2, 0.25) is 0 Å². The summed E-state index contributed by atoms with van der Waals surface area (Å²) in [7, 11) is 0. The van der Waals surface area contributed by atoms with Crippen molar-refractivity contribution in [3.63, 3.8) is 0 Å². The molecule has 4 N–H and O–H groups in total. The van der Waals surface area contributed by atoms with Crippen molar-refractivity contribution in [3.05, 3.63) is 23.8 Å². The minimum atomic E-state index is -0.406. The number of amides is 1. The van der Waals surface area contributed by atoms with Crippen LogP contribution in [0.1, 0.15) is 23.2 Å². The molecule has 1 unspecified atom stereocenters. The van der Waals surface area contributed by atoms with Crippen LogP contribution in [0.5, 0.6) is 11.5 Å². The van der Waals surface area contributed by atoms with Gasteiger partial charge in [0, 0.05) is 6.54 Å². The first kappa shape index (κ1) is 12.6. The first-order valence-electron chi connectivity index (χ1n) is 5.63. The zero-order chi connectivity index (χ0) is 13.3. The highest BCUT2D eigenvalue weighted by Gasteiger charge is 2.32. The van der Waals surface area contributed by atoms with Crippen molar-refractivity contribution in [1.82, 2.24) is 4.90 Å². The van der Waals surface area contributed by atoms with E-state index in [4.69, 9.17) is 18.0 Å². The Labute approximate surface area is 110 Å². The number of phenols is 2. The van der Waals surface area contributed by atoms with Crippen molar-refractivity contribution in [3.8, 4) is 11.5 Å². The number of hydrogen-bond acceptors (Lipinski definition) is 4. The van der Waals surface area contributed by atoms with Crippen LogP contribution in [0.25, 0.3) is 0 Å². The van der Waals surface area contributed by atoms with Gasteiger partial charge in [-0.25, -0.2) is 0 Å². The first-order chi connectivity index (χ1) is 8.52. The van der Waals surface area contributed by atoms with Gasteiger partial charge in [0.2, 0.25) is 0 Å². The molecule has 1 heterocycles. The van der Waals surface area contributed by atoms with Crippen molar-refractivity contribution in [1.29, 1.82) is 0 Å². The molecule has 1 amide bonds. The van der Waals surface area contributed by atoms with Crippen molar-refractivity contribution in [2.75, 3.05) is 6.54 Å². The molecule has 0 aliphatic carbocycles. The third-order valence-corrected chi connectivity index (χ3v) is 3.36. The van der Waals surface area contributed by atoms with Crippen molar-refractivity contribution >= 4 is 23.1 Å². The predicted octanol–water partition coefficient (Wildman–Crippen LogP) is 0.988. The average Bonchev–Trinajstić information content (AvgIpc) is 2.81. The zero-order valence-electron chi connectivity index (χ0n) is 9.67. The van der Waals surface area contributed by atoms with Gasteiger partial charge < -0.3 is 20.8 Å². The molecule has 0 aromatic heterocycles. The Morgan fingerprint density at radius 1 is 1.44 bits per heavy atom. The van der Waals surface area contributed by atoms with E-state index in [1.54, 1.807) is 0 Å². The van der Waals surface area contributed by atoms with Crippen molar-refractivity contribution in [2.45, 2.75) is 18.9 Å². The molecule has 2 rings (SSSR count). The third-order valence-electron chi connectivity index (χ3n) is 3.09. The number of nitrogens with zero attached hydrogens (tertiary/aromatic N) is 1. The summed E-state index contributed by atoms with van der Waals surface area (Å²) in [5.74, 6) is -1.08. The molecule has 0 spiro atoms. The quantitative estimate of drug-likeness (QED) is 0.549. The van der Waals surface area contributed by atoms with Gasteiger partial charge in [0.25, 0.3) is 5.91 Å². The SMILES string of the molecule is NC(=S)C1CCCN1C(=O)c1cccc(O)c1O. The second-order valence-electron chi connectivity index (χ2n) is 4.23. The van der Waals surface area contributed by atoms with Crippen LogP contribution in [0.4, 0.5) is 0 Å². The fraction of sp³-hybridized carbons (Fsp3) is 0.333. The molecule has 1 aromatic rings. The van der Waals surface area contributed by atoms with Gasteiger partial charge in [-0.15, -0.1) is 0 Å². The Morgan fingerprint density at radius 3 is 2.83 bits per heavy atom. The minimum Gasteiger partial charge on any atom is -0.504 e. The van der Waals surface area contributed by atoms with E-state index >= 15 is 0 Å². The van der Waals surface area contributed by atoms with Crippen LogP contribution < -0.4 is 5.73 Å². The third kappa shape index (κ3) is 2.11. The Hall–Kier alpha value is -1.82.